The van der Waals surface area contributed by atoms with Crippen molar-refractivity contribution in [1.29, 1.82) is 0 Å². The van der Waals surface area contributed by atoms with Gasteiger partial charge in [-0.2, -0.15) is 23.5 Å². The monoisotopic (exact) mass is 367 g/mol. The van der Waals surface area contributed by atoms with Gasteiger partial charge in [-0.15, -0.1) is 0 Å². The van der Waals surface area contributed by atoms with Crippen LogP contribution in [-0.4, -0.2) is 22.1 Å². The van der Waals surface area contributed by atoms with Crippen LogP contribution in [0.5, 0.6) is 0 Å². The molecule has 116 valence electrons. The van der Waals surface area contributed by atoms with Gasteiger partial charge in [0.15, 0.2) is 0 Å². The second kappa shape index (κ2) is 42.7. The zero-order valence-corrected chi connectivity index (χ0v) is 15.0. The summed E-state index contributed by atoms with van der Waals surface area (Å²) in [5.41, 5.74) is -0.167. The second-order valence-corrected chi connectivity index (χ2v) is 6.15. The molecule has 0 spiro atoms. The predicted molar refractivity (Wildman–Crippen MR) is 76.5 cm³/mol. The third-order valence-corrected chi connectivity index (χ3v) is 3.57. The average Bonchev–Trinajstić information content (AvgIpc) is 2.56. The van der Waals surface area contributed by atoms with E-state index < -0.39 is 0 Å². The topological polar surface area (TPSA) is 84.0 Å². The molecule has 0 bridgehead atoms. The van der Waals surface area contributed by atoms with Crippen LogP contribution in [0.3, 0.4) is 0 Å². The van der Waals surface area contributed by atoms with Gasteiger partial charge in [-0.05, 0) is 17.9 Å². The van der Waals surface area contributed by atoms with Gasteiger partial charge in [0, 0.05) is 43.2 Å². The fourth-order valence-corrected chi connectivity index (χ4v) is 2.73. The Labute approximate surface area is 146 Å². The molecular weight excluding hydrogens is 350 g/mol. The van der Waals surface area contributed by atoms with E-state index in [4.69, 9.17) is 25.2 Å². The Hall–Kier alpha value is -0.318. The summed E-state index contributed by atoms with van der Waals surface area (Å²) in [6, 6.07) is 0. The minimum atomic E-state index is -0.167. The van der Waals surface area contributed by atoms with Crippen LogP contribution < -0.4 is 0 Å². The van der Waals surface area contributed by atoms with E-state index in [0.29, 0.717) is 0 Å². The summed E-state index contributed by atoms with van der Waals surface area (Å²) in [4.78, 5) is 3.27. The summed E-state index contributed by atoms with van der Waals surface area (Å²) < 4.78 is 30.0. The molecule has 8 heteroatoms. The summed E-state index contributed by atoms with van der Waals surface area (Å²) in [6.45, 7) is 30.1. The molecule has 0 N–H and O–H groups in total. The van der Waals surface area contributed by atoms with Crippen LogP contribution in [0.15, 0.2) is 0 Å². The Kier molecular flexibility index (Phi) is 75.6. The Bertz CT molecular complexity index is 251. The molecule has 1 aliphatic rings. The molecule has 21 heavy (non-hydrogen) atoms. The van der Waals surface area contributed by atoms with Crippen LogP contribution in [0.1, 0.15) is 27.2 Å². The Balaban J connectivity index is -0.0000000354. The van der Waals surface area contributed by atoms with E-state index in [1.807, 2.05) is 20.8 Å². The molecule has 0 aliphatic carbocycles. The maximum atomic E-state index is 7.50. The summed E-state index contributed by atoms with van der Waals surface area (Å²) in [7, 11) is 0. The molecule has 1 aliphatic heterocycles. The van der Waals surface area contributed by atoms with E-state index in [0.717, 1.165) is 0 Å². The standard InChI is InChI=1S/C5H9N.C4H8S2.4CO.Cr/c1-5(2,3)6-4;1-2-5-4-6-3-1;4*1-2;/h1-3H3;1-4H2;;;;;. The van der Waals surface area contributed by atoms with Crippen LogP contribution in [0.2, 0.25) is 0 Å². The van der Waals surface area contributed by atoms with E-state index in [9.17, 15) is 0 Å². The van der Waals surface area contributed by atoms with Crippen molar-refractivity contribution in [2.75, 3.05) is 16.6 Å². The molecule has 0 aromatic carbocycles. The molecule has 0 aromatic rings. The first-order valence-electron chi connectivity index (χ1n) is 4.92. The smallest absolute Gasteiger partial charge is 0 e. The first kappa shape index (κ1) is 37.2. The van der Waals surface area contributed by atoms with Crippen LogP contribution in [-0.2, 0) is 36.0 Å². The molecule has 0 atom stereocenters. The van der Waals surface area contributed by atoms with Crippen LogP contribution in [0, 0.1) is 33.2 Å². The zero-order valence-electron chi connectivity index (χ0n) is 12.1. The van der Waals surface area contributed by atoms with Gasteiger partial charge in [-0.25, -0.2) is 6.57 Å². The average molecular weight is 367 g/mol. The van der Waals surface area contributed by atoms with Gasteiger partial charge >= 0.3 is 45.2 Å². The number of hydrogen-bond donors (Lipinski definition) is 0. The maximum Gasteiger partial charge on any atom is 0 e. The molecule has 1 heterocycles. The van der Waals surface area contributed by atoms with E-state index in [1.165, 1.54) is 23.0 Å². The number of nitrogens with zero attached hydrogens (tertiary/aromatic N) is 1. The Morgan fingerprint density at radius 2 is 1.05 bits per heavy atom. The quantitative estimate of drug-likeness (QED) is 0.486. The van der Waals surface area contributed by atoms with Gasteiger partial charge in [0.1, 0.15) is 0 Å². The van der Waals surface area contributed by atoms with Crippen molar-refractivity contribution in [3.05, 3.63) is 38.0 Å². The van der Waals surface area contributed by atoms with Crippen LogP contribution in [0.25, 0.3) is 4.85 Å². The minimum Gasteiger partial charge on any atom is 0 e. The van der Waals surface area contributed by atoms with Gasteiger partial charge < -0.3 is 4.85 Å². The van der Waals surface area contributed by atoms with Crippen molar-refractivity contribution in [2.24, 2.45) is 0 Å². The molecular formula is C13H17CrNO4S2. The summed E-state index contributed by atoms with van der Waals surface area (Å²) in [5, 5.41) is 1.33. The fourth-order valence-electron chi connectivity index (χ4n) is 0.440. The van der Waals surface area contributed by atoms with Gasteiger partial charge in [0.25, 0.3) is 0 Å². The maximum absolute atomic E-state index is 7.50. The number of thioether (sulfide) groups is 2. The molecule has 0 aromatic heterocycles. The van der Waals surface area contributed by atoms with E-state index in [2.05, 4.69) is 55.0 Å². The summed E-state index contributed by atoms with van der Waals surface area (Å²) in [6.07, 6.45) is 1.43. The minimum absolute atomic E-state index is 0. The molecule has 0 saturated carbocycles. The van der Waals surface area contributed by atoms with Crippen molar-refractivity contribution in [2.45, 2.75) is 32.7 Å². The van der Waals surface area contributed by atoms with E-state index in [-0.39, 0.29) is 22.9 Å². The van der Waals surface area contributed by atoms with E-state index in [1.54, 1.807) is 0 Å². The van der Waals surface area contributed by atoms with Gasteiger partial charge in [0.2, 0.25) is 5.54 Å². The van der Waals surface area contributed by atoms with Crippen LogP contribution in [0.4, 0.5) is 0 Å². The normalized spacial score (nSPS) is 10.2. The third kappa shape index (κ3) is 81.6. The molecule has 0 amide bonds. The first-order chi connectivity index (χ1) is 9.56. The van der Waals surface area contributed by atoms with Crippen molar-refractivity contribution >= 4 is 23.5 Å². The molecule has 0 unspecified atom stereocenters. The molecule has 1 saturated heterocycles. The summed E-state index contributed by atoms with van der Waals surface area (Å²) in [5.74, 6) is 2.79. The van der Waals surface area contributed by atoms with Crippen molar-refractivity contribution in [1.82, 2.24) is 0 Å². The van der Waals surface area contributed by atoms with Gasteiger partial charge in [-0.3, -0.25) is 0 Å². The van der Waals surface area contributed by atoms with Gasteiger partial charge in [0.05, 0.1) is 0 Å². The first-order valence-corrected chi connectivity index (χ1v) is 7.23. The predicted octanol–water partition coefficient (Wildman–Crippen LogP) is 3.37. The Morgan fingerprint density at radius 1 is 0.810 bits per heavy atom. The third-order valence-electron chi connectivity index (χ3n) is 1.08. The molecule has 5 nitrogen and oxygen atoms in total. The van der Waals surface area contributed by atoms with E-state index >= 15 is 0 Å². The Morgan fingerprint density at radius 3 is 1.10 bits per heavy atom. The van der Waals surface area contributed by atoms with Crippen molar-refractivity contribution in [3.8, 4) is 0 Å². The summed E-state index contributed by atoms with van der Waals surface area (Å²) >= 11 is 4.12. The SMILES string of the molecule is C1CSCSC1.[C-]#[N+]C(C)(C)C.[C-]#[O+].[C-]#[O+].[C-]#[O+].[C-]#[O+].[Cr]. The largest absolute Gasteiger partial charge is 0 e. The number of hydrogen-bond acceptors (Lipinski definition) is 2. The van der Waals surface area contributed by atoms with Crippen molar-refractivity contribution < 1.29 is 36.0 Å². The fraction of sp³-hybridized carbons (Fsp3) is 0.615. The number of rotatable bonds is 0. The zero-order chi connectivity index (χ0) is 17.4. The van der Waals surface area contributed by atoms with Crippen LogP contribution >= 0.6 is 23.5 Å². The second-order valence-electron chi connectivity index (χ2n) is 3.57. The molecule has 1 fully saturated rings. The molecule has 0 radical (unpaired) electrons. The van der Waals surface area contributed by atoms with Gasteiger partial charge in [-0.1, -0.05) is 0 Å². The van der Waals surface area contributed by atoms with Crippen molar-refractivity contribution in [3.63, 3.8) is 0 Å². The molecule has 1 rings (SSSR count).